The van der Waals surface area contributed by atoms with Crippen LogP contribution in [0, 0.1) is 24.7 Å². The monoisotopic (exact) mass is 458 g/mol. The van der Waals surface area contributed by atoms with Gasteiger partial charge in [0.1, 0.15) is 0 Å². The lowest BCUT2D eigenvalue weighted by Gasteiger charge is -2.37. The maximum Gasteiger partial charge on any atom is 0.223 e. The van der Waals surface area contributed by atoms with Crippen LogP contribution >= 0.6 is 0 Å². The molecule has 5 nitrogen and oxygen atoms in total. The smallest absolute Gasteiger partial charge is 0.223 e. The van der Waals surface area contributed by atoms with Gasteiger partial charge in [-0.3, -0.25) is 4.79 Å². The second-order valence-corrected chi connectivity index (χ2v) is 10.6. The number of para-hydroxylation sites is 2. The van der Waals surface area contributed by atoms with E-state index in [1.54, 1.807) is 0 Å². The lowest BCUT2D eigenvalue weighted by atomic mass is 9.78. The van der Waals surface area contributed by atoms with Gasteiger partial charge in [-0.15, -0.1) is 0 Å². The molecule has 0 spiro atoms. The van der Waals surface area contributed by atoms with E-state index < -0.39 is 0 Å². The maximum absolute atomic E-state index is 13.1. The van der Waals surface area contributed by atoms with Crippen molar-refractivity contribution in [2.24, 2.45) is 17.8 Å². The highest BCUT2D eigenvalue weighted by Gasteiger charge is 2.32. The fourth-order valence-electron chi connectivity index (χ4n) is 5.85. The summed E-state index contributed by atoms with van der Waals surface area (Å²) >= 11 is 0. The van der Waals surface area contributed by atoms with Crippen LogP contribution in [0.25, 0.3) is 11.0 Å². The first-order chi connectivity index (χ1) is 16.5. The molecule has 180 valence electrons. The Morgan fingerprint density at radius 3 is 2.53 bits per heavy atom. The number of carbonyl (C=O) groups excluding carboxylic acids is 1. The Kier molecular flexibility index (Phi) is 6.62. The Morgan fingerprint density at radius 2 is 1.74 bits per heavy atom. The average Bonchev–Trinajstić information content (AvgIpc) is 3.22. The van der Waals surface area contributed by atoms with Crippen molar-refractivity contribution >= 4 is 22.9 Å². The van der Waals surface area contributed by atoms with E-state index in [1.165, 1.54) is 29.5 Å². The van der Waals surface area contributed by atoms with Crippen LogP contribution in [0.4, 0.5) is 5.95 Å². The number of imidazole rings is 1. The van der Waals surface area contributed by atoms with Gasteiger partial charge in [-0.05, 0) is 61.3 Å². The maximum atomic E-state index is 13.1. The third-order valence-electron chi connectivity index (χ3n) is 8.41. The number of hydrogen-bond acceptors (Lipinski definition) is 3. The van der Waals surface area contributed by atoms with E-state index in [9.17, 15) is 4.79 Å². The van der Waals surface area contributed by atoms with Crippen LogP contribution in [0.5, 0.6) is 0 Å². The van der Waals surface area contributed by atoms with Gasteiger partial charge < -0.3 is 14.8 Å². The number of carbonyl (C=O) groups is 1. The van der Waals surface area contributed by atoms with Crippen molar-refractivity contribution in [3.05, 3.63) is 59.7 Å². The van der Waals surface area contributed by atoms with Gasteiger partial charge in [0.05, 0.1) is 17.6 Å². The van der Waals surface area contributed by atoms with Crippen molar-refractivity contribution < 1.29 is 4.79 Å². The summed E-state index contributed by atoms with van der Waals surface area (Å²) in [6.07, 6.45) is 5.41. The van der Waals surface area contributed by atoms with Crippen molar-refractivity contribution in [2.45, 2.75) is 65.5 Å². The molecule has 2 aromatic carbocycles. The highest BCUT2D eigenvalue weighted by atomic mass is 16.2. The van der Waals surface area contributed by atoms with Crippen molar-refractivity contribution in [2.75, 3.05) is 18.0 Å². The van der Waals surface area contributed by atoms with Crippen molar-refractivity contribution in [1.29, 1.82) is 0 Å². The lowest BCUT2D eigenvalue weighted by molar-refractivity contribution is -0.127. The second-order valence-electron chi connectivity index (χ2n) is 10.6. The minimum Gasteiger partial charge on any atom is -0.353 e. The Hall–Kier alpha value is -2.82. The molecule has 3 atom stereocenters. The van der Waals surface area contributed by atoms with E-state index in [-0.39, 0.29) is 11.8 Å². The number of hydrogen-bond donors (Lipinski definition) is 1. The number of benzene rings is 2. The van der Waals surface area contributed by atoms with Gasteiger partial charge in [-0.25, -0.2) is 4.98 Å². The van der Waals surface area contributed by atoms with Gasteiger partial charge in [-0.1, -0.05) is 63.1 Å². The van der Waals surface area contributed by atoms with Gasteiger partial charge in [0, 0.05) is 25.0 Å². The molecule has 1 aromatic heterocycles. The zero-order chi connectivity index (χ0) is 23.7. The highest BCUT2D eigenvalue weighted by Crippen LogP contribution is 2.31. The quantitative estimate of drug-likeness (QED) is 0.545. The second kappa shape index (κ2) is 9.81. The van der Waals surface area contributed by atoms with Crippen LogP contribution in [0.2, 0.25) is 0 Å². The first kappa shape index (κ1) is 22.9. The lowest BCUT2D eigenvalue weighted by Crippen LogP contribution is -2.48. The predicted molar refractivity (Wildman–Crippen MR) is 139 cm³/mol. The van der Waals surface area contributed by atoms with E-state index in [4.69, 9.17) is 4.98 Å². The summed E-state index contributed by atoms with van der Waals surface area (Å²) < 4.78 is 2.35. The molecule has 5 rings (SSSR count). The van der Waals surface area contributed by atoms with E-state index in [1.807, 2.05) is 0 Å². The summed E-state index contributed by atoms with van der Waals surface area (Å²) in [5.41, 5.74) is 4.82. The molecule has 1 saturated heterocycles. The molecular formula is C29H38N4O. The number of rotatable bonds is 5. The Bertz CT molecular complexity index is 1140. The number of aryl methyl sites for hydroxylation is 1. The first-order valence-corrected chi connectivity index (χ1v) is 13.1. The topological polar surface area (TPSA) is 50.2 Å². The molecular weight excluding hydrogens is 420 g/mol. The number of nitrogens with one attached hydrogen (secondary N) is 1. The van der Waals surface area contributed by atoms with Crippen LogP contribution in [-0.4, -0.2) is 34.6 Å². The average molecular weight is 459 g/mol. The summed E-state index contributed by atoms with van der Waals surface area (Å²) in [5.74, 6) is 2.66. The Labute approximate surface area is 203 Å². The molecule has 2 heterocycles. The molecule has 1 N–H and O–H groups in total. The van der Waals surface area contributed by atoms with E-state index in [0.29, 0.717) is 17.9 Å². The fourth-order valence-corrected chi connectivity index (χ4v) is 5.85. The summed E-state index contributed by atoms with van der Waals surface area (Å²) in [4.78, 5) is 20.5. The van der Waals surface area contributed by atoms with Crippen LogP contribution in [0.15, 0.2) is 48.5 Å². The molecule has 1 aliphatic heterocycles. The van der Waals surface area contributed by atoms with Gasteiger partial charge in [0.15, 0.2) is 0 Å². The Balaban J connectivity index is 1.30. The predicted octanol–water partition coefficient (Wildman–Crippen LogP) is 5.55. The minimum absolute atomic E-state index is 0.106. The van der Waals surface area contributed by atoms with Crippen molar-refractivity contribution in [1.82, 2.24) is 14.9 Å². The number of piperidine rings is 1. The SMILES string of the molecule is Cc1ccccc1Cn1c(N2CCC(C(=O)N[C@@H]3CCC[C@@H](C)[C@@H]3C)CC2)nc2ccccc21. The molecule has 1 aliphatic carbocycles. The third-order valence-corrected chi connectivity index (χ3v) is 8.41. The van der Waals surface area contributed by atoms with Crippen LogP contribution in [0.1, 0.15) is 57.1 Å². The molecule has 0 unspecified atom stereocenters. The Morgan fingerprint density at radius 1 is 1.00 bits per heavy atom. The zero-order valence-electron chi connectivity index (χ0n) is 20.8. The number of nitrogens with zero attached hydrogens (tertiary/aromatic N) is 3. The molecule has 2 aliphatic rings. The number of fused-ring (bicyclic) bond motifs is 1. The largest absolute Gasteiger partial charge is 0.353 e. The molecule has 2 fully saturated rings. The molecule has 1 amide bonds. The summed E-state index contributed by atoms with van der Waals surface area (Å²) in [6, 6.07) is 17.3. The summed E-state index contributed by atoms with van der Waals surface area (Å²) in [5, 5.41) is 3.42. The van der Waals surface area contributed by atoms with Gasteiger partial charge in [-0.2, -0.15) is 0 Å². The number of anilines is 1. The first-order valence-electron chi connectivity index (χ1n) is 13.1. The standard InChI is InChI=1S/C29H38N4O/c1-20-10-8-13-25(22(20)3)30-28(34)23-15-17-32(18-16-23)29-31-26-12-6-7-14-27(26)33(29)19-24-11-5-4-9-21(24)2/h4-7,9,11-12,14,20,22-23,25H,8,10,13,15-19H2,1-3H3,(H,30,34)/t20-,22+,25-/m1/s1. The molecule has 34 heavy (non-hydrogen) atoms. The molecule has 5 heteroatoms. The highest BCUT2D eigenvalue weighted by molar-refractivity contribution is 5.80. The summed E-state index contributed by atoms with van der Waals surface area (Å²) in [7, 11) is 0. The molecule has 0 radical (unpaired) electrons. The fraction of sp³-hybridized carbons (Fsp3) is 0.517. The molecule has 1 saturated carbocycles. The number of amides is 1. The van der Waals surface area contributed by atoms with Crippen molar-refractivity contribution in [3.63, 3.8) is 0 Å². The van der Waals surface area contributed by atoms with Crippen LogP contribution in [-0.2, 0) is 11.3 Å². The van der Waals surface area contributed by atoms with Crippen LogP contribution in [0.3, 0.4) is 0 Å². The van der Waals surface area contributed by atoms with Crippen molar-refractivity contribution in [3.8, 4) is 0 Å². The van der Waals surface area contributed by atoms with E-state index in [0.717, 1.165) is 50.4 Å². The van der Waals surface area contributed by atoms with Gasteiger partial charge >= 0.3 is 0 Å². The van der Waals surface area contributed by atoms with E-state index >= 15 is 0 Å². The van der Waals surface area contributed by atoms with E-state index in [2.05, 4.69) is 84.1 Å². The number of aromatic nitrogens is 2. The van der Waals surface area contributed by atoms with Crippen LogP contribution < -0.4 is 10.2 Å². The molecule has 3 aromatic rings. The normalized spacial score (nSPS) is 23.9. The summed E-state index contributed by atoms with van der Waals surface area (Å²) in [6.45, 7) is 9.34. The van der Waals surface area contributed by atoms with Gasteiger partial charge in [0.25, 0.3) is 0 Å². The van der Waals surface area contributed by atoms with Gasteiger partial charge in [0.2, 0.25) is 11.9 Å². The molecule has 0 bridgehead atoms. The zero-order valence-corrected chi connectivity index (χ0v) is 20.8. The minimum atomic E-state index is 0.106. The third kappa shape index (κ3) is 4.57.